The van der Waals surface area contributed by atoms with Crippen molar-refractivity contribution in [2.24, 2.45) is 0 Å². The first-order chi connectivity index (χ1) is 7.68. The highest BCUT2D eigenvalue weighted by Crippen LogP contribution is 2.33. The monoisotopic (exact) mass is 221 g/mol. The quantitative estimate of drug-likeness (QED) is 0.718. The molecule has 0 aromatic heterocycles. The van der Waals surface area contributed by atoms with Crippen molar-refractivity contribution in [1.82, 2.24) is 0 Å². The van der Waals surface area contributed by atoms with Crippen molar-refractivity contribution < 1.29 is 4.74 Å². The summed E-state index contributed by atoms with van der Waals surface area (Å²) < 4.78 is 5.62. The van der Waals surface area contributed by atoms with Gasteiger partial charge in [0.1, 0.15) is 12.4 Å². The molecule has 0 spiro atoms. The predicted molar refractivity (Wildman–Crippen MR) is 70.5 cm³/mol. The van der Waals surface area contributed by atoms with Crippen LogP contribution in [0.3, 0.4) is 0 Å². The Morgan fingerprint density at radius 2 is 1.94 bits per heavy atom. The number of aryl methyl sites for hydroxylation is 1. The molecule has 0 atom stereocenters. The highest BCUT2D eigenvalue weighted by Gasteiger charge is 2.19. The fourth-order valence-corrected chi connectivity index (χ4v) is 1.88. The highest BCUT2D eigenvalue weighted by atomic mass is 16.5. The lowest BCUT2D eigenvalue weighted by atomic mass is 10.1. The number of ether oxygens (including phenoxy) is 1. The van der Waals surface area contributed by atoms with E-state index < -0.39 is 0 Å². The first-order valence-corrected chi connectivity index (χ1v) is 6.18. The van der Waals surface area contributed by atoms with Crippen LogP contribution in [-0.4, -0.2) is 19.2 Å². The summed E-state index contributed by atoms with van der Waals surface area (Å²) in [5.41, 5.74) is 2.53. The van der Waals surface area contributed by atoms with E-state index in [1.807, 2.05) is 13.8 Å². The lowest BCUT2D eigenvalue weighted by molar-refractivity contribution is 0.303. The molecule has 2 rings (SSSR count). The Morgan fingerprint density at radius 3 is 2.56 bits per heavy atom. The standard InChI is InChI=1S/C12H17NO.C2H6/c1-9(2)13-6-7-14-12-5-4-10(3)8-11(12)13;1-2/h4-5,8-9H,6-7H2,1-3H3;1-2H3. The molecule has 1 aromatic carbocycles. The highest BCUT2D eigenvalue weighted by molar-refractivity contribution is 5.61. The van der Waals surface area contributed by atoms with Gasteiger partial charge in [-0.2, -0.15) is 0 Å². The van der Waals surface area contributed by atoms with Gasteiger partial charge in [-0.25, -0.2) is 0 Å². The van der Waals surface area contributed by atoms with Crippen LogP contribution in [0, 0.1) is 6.92 Å². The zero-order valence-corrected chi connectivity index (χ0v) is 11.1. The van der Waals surface area contributed by atoms with E-state index in [0.29, 0.717) is 6.04 Å². The van der Waals surface area contributed by atoms with E-state index in [4.69, 9.17) is 4.74 Å². The van der Waals surface area contributed by atoms with Crippen LogP contribution < -0.4 is 9.64 Å². The molecule has 0 N–H and O–H groups in total. The van der Waals surface area contributed by atoms with Gasteiger partial charge in [0.05, 0.1) is 12.2 Å². The molecule has 90 valence electrons. The van der Waals surface area contributed by atoms with E-state index in [1.165, 1.54) is 11.3 Å². The summed E-state index contributed by atoms with van der Waals surface area (Å²) in [5, 5.41) is 0. The van der Waals surface area contributed by atoms with Gasteiger partial charge in [0.2, 0.25) is 0 Å². The smallest absolute Gasteiger partial charge is 0.142 e. The van der Waals surface area contributed by atoms with Crippen molar-refractivity contribution in [3.05, 3.63) is 23.8 Å². The summed E-state index contributed by atoms with van der Waals surface area (Å²) in [6.45, 7) is 12.4. The van der Waals surface area contributed by atoms with Gasteiger partial charge in [0, 0.05) is 6.04 Å². The molecule has 0 saturated carbocycles. The second-order valence-corrected chi connectivity index (χ2v) is 4.11. The largest absolute Gasteiger partial charge is 0.490 e. The van der Waals surface area contributed by atoms with Crippen LogP contribution in [0.5, 0.6) is 5.75 Å². The summed E-state index contributed by atoms with van der Waals surface area (Å²) >= 11 is 0. The average molecular weight is 221 g/mol. The van der Waals surface area contributed by atoms with Gasteiger partial charge in [-0.3, -0.25) is 0 Å². The Hall–Kier alpha value is -1.18. The summed E-state index contributed by atoms with van der Waals surface area (Å²) in [6, 6.07) is 6.91. The molecule has 2 nitrogen and oxygen atoms in total. The number of hydrogen-bond donors (Lipinski definition) is 0. The Morgan fingerprint density at radius 1 is 1.25 bits per heavy atom. The molecule has 16 heavy (non-hydrogen) atoms. The Kier molecular flexibility index (Phi) is 4.66. The van der Waals surface area contributed by atoms with E-state index in [2.05, 4.69) is 43.9 Å². The maximum atomic E-state index is 5.62. The lowest BCUT2D eigenvalue weighted by Gasteiger charge is -2.34. The molecule has 0 saturated heterocycles. The van der Waals surface area contributed by atoms with Crippen LogP contribution >= 0.6 is 0 Å². The topological polar surface area (TPSA) is 12.5 Å². The third-order valence-corrected chi connectivity index (χ3v) is 2.64. The Balaban J connectivity index is 0.000000606. The van der Waals surface area contributed by atoms with Crippen molar-refractivity contribution in [3.8, 4) is 5.75 Å². The second-order valence-electron chi connectivity index (χ2n) is 4.11. The van der Waals surface area contributed by atoms with Gasteiger partial charge in [-0.05, 0) is 38.5 Å². The zero-order valence-electron chi connectivity index (χ0n) is 11.1. The number of rotatable bonds is 1. The number of nitrogens with zero attached hydrogens (tertiary/aromatic N) is 1. The summed E-state index contributed by atoms with van der Waals surface area (Å²) in [7, 11) is 0. The molecule has 0 amide bonds. The van der Waals surface area contributed by atoms with Gasteiger partial charge in [0.25, 0.3) is 0 Å². The van der Waals surface area contributed by atoms with Crippen LogP contribution in [0.4, 0.5) is 5.69 Å². The molecule has 2 heteroatoms. The van der Waals surface area contributed by atoms with Crippen molar-refractivity contribution in [2.45, 2.75) is 40.7 Å². The number of anilines is 1. The Bertz CT molecular complexity index is 334. The first kappa shape index (κ1) is 12.9. The number of hydrogen-bond acceptors (Lipinski definition) is 2. The molecule has 0 bridgehead atoms. The van der Waals surface area contributed by atoms with Crippen molar-refractivity contribution in [3.63, 3.8) is 0 Å². The molecule has 0 fully saturated rings. The normalized spacial score (nSPS) is 13.8. The van der Waals surface area contributed by atoms with Crippen molar-refractivity contribution in [1.29, 1.82) is 0 Å². The predicted octanol–water partition coefficient (Wildman–Crippen LogP) is 3.63. The fourth-order valence-electron chi connectivity index (χ4n) is 1.88. The number of benzene rings is 1. The third-order valence-electron chi connectivity index (χ3n) is 2.64. The van der Waals surface area contributed by atoms with Crippen LogP contribution in [-0.2, 0) is 0 Å². The van der Waals surface area contributed by atoms with Crippen molar-refractivity contribution >= 4 is 5.69 Å². The van der Waals surface area contributed by atoms with Gasteiger partial charge >= 0.3 is 0 Å². The molecular formula is C14H23NO. The summed E-state index contributed by atoms with van der Waals surface area (Å²) in [5.74, 6) is 1.02. The number of fused-ring (bicyclic) bond motifs is 1. The SMILES string of the molecule is CC.Cc1ccc2c(c1)N(C(C)C)CCO2. The maximum absolute atomic E-state index is 5.62. The van der Waals surface area contributed by atoms with E-state index >= 15 is 0 Å². The molecule has 0 aliphatic carbocycles. The van der Waals surface area contributed by atoms with Crippen LogP contribution in [0.25, 0.3) is 0 Å². The molecule has 0 unspecified atom stereocenters. The van der Waals surface area contributed by atoms with E-state index in [0.717, 1.165) is 18.9 Å². The Labute approximate surface area is 99.2 Å². The van der Waals surface area contributed by atoms with Crippen molar-refractivity contribution in [2.75, 3.05) is 18.1 Å². The van der Waals surface area contributed by atoms with Crippen LogP contribution in [0.1, 0.15) is 33.3 Å². The lowest BCUT2D eigenvalue weighted by Crippen LogP contribution is -2.37. The van der Waals surface area contributed by atoms with E-state index in [9.17, 15) is 0 Å². The molecule has 1 heterocycles. The van der Waals surface area contributed by atoms with Crippen LogP contribution in [0.15, 0.2) is 18.2 Å². The minimum atomic E-state index is 0.541. The average Bonchev–Trinajstić information content (AvgIpc) is 2.30. The van der Waals surface area contributed by atoms with Gasteiger partial charge in [-0.1, -0.05) is 19.9 Å². The molecule has 0 radical (unpaired) electrons. The van der Waals surface area contributed by atoms with Crippen LogP contribution in [0.2, 0.25) is 0 Å². The first-order valence-electron chi connectivity index (χ1n) is 6.18. The van der Waals surface area contributed by atoms with Gasteiger partial charge in [0.15, 0.2) is 0 Å². The molecule has 1 aliphatic rings. The van der Waals surface area contributed by atoms with Gasteiger partial charge < -0.3 is 9.64 Å². The van der Waals surface area contributed by atoms with E-state index in [-0.39, 0.29) is 0 Å². The summed E-state index contributed by atoms with van der Waals surface area (Å²) in [4.78, 5) is 2.39. The second kappa shape index (κ2) is 5.78. The van der Waals surface area contributed by atoms with E-state index in [1.54, 1.807) is 0 Å². The minimum Gasteiger partial charge on any atom is -0.490 e. The zero-order chi connectivity index (χ0) is 12.1. The maximum Gasteiger partial charge on any atom is 0.142 e. The fraction of sp³-hybridized carbons (Fsp3) is 0.571. The molecule has 1 aromatic rings. The third kappa shape index (κ3) is 2.69. The minimum absolute atomic E-state index is 0.541. The molecular weight excluding hydrogens is 198 g/mol. The summed E-state index contributed by atoms with van der Waals surface area (Å²) in [6.07, 6.45) is 0. The van der Waals surface area contributed by atoms with Gasteiger partial charge in [-0.15, -0.1) is 0 Å². The molecule has 1 aliphatic heterocycles.